The van der Waals surface area contributed by atoms with Crippen molar-refractivity contribution in [2.45, 2.75) is 24.5 Å². The van der Waals surface area contributed by atoms with Crippen molar-refractivity contribution in [1.29, 1.82) is 0 Å². The van der Waals surface area contributed by atoms with Gasteiger partial charge < -0.3 is 42.1 Å². The summed E-state index contributed by atoms with van der Waals surface area (Å²) in [6.07, 6.45) is 0.162. The van der Waals surface area contributed by atoms with Gasteiger partial charge in [0.15, 0.2) is 17.1 Å². The van der Waals surface area contributed by atoms with Gasteiger partial charge in [-0.05, 0) is 62.0 Å². The van der Waals surface area contributed by atoms with Crippen molar-refractivity contribution in [2.75, 3.05) is 45.0 Å². The number of Topliss-reactive ketones (excluding diaryl/α,β-unsaturated/α-hetero) is 2. The minimum Gasteiger partial charge on any atom is -0.508 e. The maximum absolute atomic E-state index is 14.1. The van der Waals surface area contributed by atoms with Crippen LogP contribution in [0.15, 0.2) is 45.5 Å². The van der Waals surface area contributed by atoms with Crippen molar-refractivity contribution in [3.63, 3.8) is 0 Å². The van der Waals surface area contributed by atoms with E-state index in [1.807, 2.05) is 17.5 Å². The number of rotatable bonds is 7. The first-order chi connectivity index (χ1) is 20.2. The second kappa shape index (κ2) is 10.7. The topological polar surface area (TPSA) is 215 Å². The zero-order valence-electron chi connectivity index (χ0n) is 24.1. The fourth-order valence-electron chi connectivity index (χ4n) is 6.51. The number of carbonyl (C=O) groups is 3. The predicted molar refractivity (Wildman–Crippen MR) is 163 cm³/mol. The first kappa shape index (κ1) is 30.1. The Morgan fingerprint density at radius 3 is 2.47 bits per heavy atom. The van der Waals surface area contributed by atoms with E-state index in [1.165, 1.54) is 16.2 Å². The number of nitrogens with one attached hydrogen (secondary N) is 1. The summed E-state index contributed by atoms with van der Waals surface area (Å²) in [6, 6.07) is 4.23. The zero-order chi connectivity index (χ0) is 31.5. The summed E-state index contributed by atoms with van der Waals surface area (Å²) in [5.74, 6) is -7.00. The number of aliphatic hydroxyl groups excluding tert-OH is 2. The van der Waals surface area contributed by atoms with Crippen molar-refractivity contribution in [3.05, 3.63) is 51.6 Å². The third-order valence-corrected chi connectivity index (χ3v) is 9.22. The molecule has 1 aromatic carbocycles. The molecular weight excluding hydrogens is 576 g/mol. The Balaban J connectivity index is 1.66. The van der Waals surface area contributed by atoms with Crippen LogP contribution in [0.3, 0.4) is 0 Å². The molecule has 3 aliphatic carbocycles. The van der Waals surface area contributed by atoms with E-state index < -0.39 is 63.8 Å². The number of primary amides is 1. The normalized spacial score (nSPS) is 25.4. The highest BCUT2D eigenvalue weighted by molar-refractivity contribution is 7.14. The van der Waals surface area contributed by atoms with Gasteiger partial charge in [0.2, 0.25) is 5.78 Å². The fourth-order valence-corrected chi connectivity index (χ4v) is 7.13. The molecular formula is C29H34N6O7S. The lowest BCUT2D eigenvalue weighted by atomic mass is 9.57. The molecule has 0 aliphatic heterocycles. The number of phenols is 1. The Labute approximate surface area is 251 Å². The van der Waals surface area contributed by atoms with Gasteiger partial charge in [-0.1, -0.05) is 0 Å². The number of amidine groups is 1. The second-order valence-electron chi connectivity index (χ2n) is 11.4. The largest absolute Gasteiger partial charge is 0.508 e. The molecule has 13 nitrogen and oxygen atoms in total. The van der Waals surface area contributed by atoms with Crippen LogP contribution in [0.4, 0.5) is 16.4 Å². The number of amides is 1. The summed E-state index contributed by atoms with van der Waals surface area (Å²) in [5.41, 5.74) is 8.86. The molecule has 0 spiro atoms. The Kier molecular flexibility index (Phi) is 7.48. The van der Waals surface area contributed by atoms with E-state index in [0.717, 1.165) is 5.00 Å². The lowest BCUT2D eigenvalue weighted by Gasteiger charge is -2.50. The van der Waals surface area contributed by atoms with E-state index in [1.54, 1.807) is 39.2 Å². The molecule has 14 heteroatoms. The van der Waals surface area contributed by atoms with E-state index >= 15 is 0 Å². The molecule has 9 N–H and O–H groups in total. The number of carbonyl (C=O) groups excluding carboxylic acids is 3. The van der Waals surface area contributed by atoms with Crippen LogP contribution in [-0.2, 0) is 20.8 Å². The molecule has 0 saturated heterocycles. The number of hydrogen-bond donors (Lipinski definition) is 7. The van der Waals surface area contributed by atoms with Crippen molar-refractivity contribution in [3.8, 4) is 5.75 Å². The number of ketones is 2. The van der Waals surface area contributed by atoms with Gasteiger partial charge in [0.05, 0.1) is 23.2 Å². The van der Waals surface area contributed by atoms with Gasteiger partial charge >= 0.3 is 0 Å². The monoisotopic (exact) mass is 610 g/mol. The number of likely N-dealkylation sites (N-methyl/N-ethyl adjacent to an activating group) is 1. The molecule has 2 unspecified atom stereocenters. The molecule has 0 radical (unpaired) electrons. The number of nitrogens with zero attached hydrogens (tertiary/aromatic N) is 3. The van der Waals surface area contributed by atoms with Crippen LogP contribution in [0.5, 0.6) is 5.75 Å². The minimum atomic E-state index is -2.71. The highest BCUT2D eigenvalue weighted by Gasteiger charge is 2.64. The predicted octanol–water partition coefficient (Wildman–Crippen LogP) is 1.19. The fraction of sp³-hybridized carbons (Fsp3) is 0.379. The first-order valence-corrected chi connectivity index (χ1v) is 14.4. The van der Waals surface area contributed by atoms with Crippen molar-refractivity contribution < 1.29 is 34.8 Å². The summed E-state index contributed by atoms with van der Waals surface area (Å²) in [6.45, 7) is 0.177. The minimum absolute atomic E-state index is 0.000629. The highest BCUT2D eigenvalue weighted by atomic mass is 32.1. The molecule has 228 valence electrons. The van der Waals surface area contributed by atoms with Crippen molar-refractivity contribution in [2.24, 2.45) is 28.3 Å². The lowest BCUT2D eigenvalue weighted by molar-refractivity contribution is -0.153. The number of nitrogens with two attached hydrogens (primary N) is 2. The third-order valence-electron chi connectivity index (χ3n) is 8.39. The molecule has 4 atom stereocenters. The number of thiophene rings is 1. The molecule has 1 fully saturated rings. The van der Waals surface area contributed by atoms with E-state index in [9.17, 15) is 34.8 Å². The maximum Gasteiger partial charge on any atom is 0.255 e. The number of aromatic hydroxyl groups is 1. The summed E-state index contributed by atoms with van der Waals surface area (Å²) in [4.78, 5) is 47.1. The number of aliphatic imine (C=N–C) groups is 1. The Hall–Kier alpha value is -4.40. The number of fused-ring (bicyclic) bond motifs is 3. The van der Waals surface area contributed by atoms with Crippen LogP contribution in [0, 0.1) is 11.8 Å². The Morgan fingerprint density at radius 2 is 1.88 bits per heavy atom. The number of benzene rings is 1. The molecule has 1 saturated carbocycles. The first-order valence-electron chi connectivity index (χ1n) is 13.5. The van der Waals surface area contributed by atoms with Gasteiger partial charge in [-0.25, -0.2) is 4.99 Å². The average Bonchev–Trinajstić information content (AvgIpc) is 3.44. The molecule has 2 aromatic rings. The van der Waals surface area contributed by atoms with Gasteiger partial charge in [0.25, 0.3) is 5.91 Å². The number of aliphatic hydroxyl groups is 3. The highest BCUT2D eigenvalue weighted by Crippen LogP contribution is 2.54. The number of hydrogen-bond acceptors (Lipinski definition) is 12. The SMILES string of the molecule is CN(C)c1cc(N=C(N)CNc2cccs2)c(O)c2c1CC1CC3[C@H](N(C)C)C(=O)C(C(N)=O)=C(O)[C@@]3(O)C(=O)C1=C2O. The van der Waals surface area contributed by atoms with Gasteiger partial charge in [-0.2, -0.15) is 0 Å². The van der Waals surface area contributed by atoms with Crippen LogP contribution in [0.2, 0.25) is 0 Å². The van der Waals surface area contributed by atoms with E-state index in [4.69, 9.17) is 11.5 Å². The smallest absolute Gasteiger partial charge is 0.255 e. The molecule has 1 amide bonds. The maximum atomic E-state index is 14.1. The third kappa shape index (κ3) is 4.62. The van der Waals surface area contributed by atoms with Crippen molar-refractivity contribution in [1.82, 2.24) is 4.90 Å². The van der Waals surface area contributed by atoms with Gasteiger partial charge in [-0.15, -0.1) is 11.3 Å². The van der Waals surface area contributed by atoms with Gasteiger partial charge in [0.1, 0.15) is 28.6 Å². The standard InChI is InChI=1S/C29H34N6O7S/c1-34(2)16-10-15(33-17(30)11-32-18-6-5-7-43-18)23(36)20-13(16)8-12-9-14-22(35(3)4)25(38)21(28(31)41)27(40)29(14,42)26(39)19(12)24(20)37/h5-7,10,12,14,22,32,36-37,40,42H,8-9,11H2,1-4H3,(H2,30,33)(H2,31,41)/t12?,14?,22-,29-/m0/s1. The van der Waals surface area contributed by atoms with Crippen LogP contribution < -0.4 is 21.7 Å². The van der Waals surface area contributed by atoms with Crippen molar-refractivity contribution >= 4 is 56.8 Å². The van der Waals surface area contributed by atoms with Crippen LogP contribution in [0.1, 0.15) is 17.5 Å². The average molecular weight is 611 g/mol. The Morgan fingerprint density at radius 1 is 1.19 bits per heavy atom. The van der Waals surface area contributed by atoms with E-state index in [-0.39, 0.29) is 42.0 Å². The van der Waals surface area contributed by atoms with Crippen LogP contribution >= 0.6 is 11.3 Å². The summed E-state index contributed by atoms with van der Waals surface area (Å²) < 4.78 is 0. The molecule has 1 heterocycles. The molecule has 0 bridgehead atoms. The second-order valence-corrected chi connectivity index (χ2v) is 12.4. The zero-order valence-corrected chi connectivity index (χ0v) is 24.9. The van der Waals surface area contributed by atoms with Crippen LogP contribution in [0.25, 0.3) is 5.76 Å². The number of anilines is 2. The summed E-state index contributed by atoms with van der Waals surface area (Å²) in [5, 5.41) is 51.7. The molecule has 1 aromatic heterocycles. The van der Waals surface area contributed by atoms with E-state index in [2.05, 4.69) is 10.3 Å². The lowest BCUT2D eigenvalue weighted by Crippen LogP contribution is -2.65. The molecule has 43 heavy (non-hydrogen) atoms. The summed E-state index contributed by atoms with van der Waals surface area (Å²) in [7, 11) is 6.66. The number of phenolic OH excluding ortho intramolecular Hbond substituents is 1. The molecule has 3 aliphatic rings. The van der Waals surface area contributed by atoms with Crippen LogP contribution in [-0.4, -0.2) is 95.0 Å². The van der Waals surface area contributed by atoms with Gasteiger partial charge in [0, 0.05) is 31.3 Å². The Bertz CT molecular complexity index is 1630. The van der Waals surface area contributed by atoms with Gasteiger partial charge in [-0.3, -0.25) is 19.3 Å². The molecule has 5 rings (SSSR count). The quantitative estimate of drug-likeness (QED) is 0.134. The summed E-state index contributed by atoms with van der Waals surface area (Å²) >= 11 is 1.48. The van der Waals surface area contributed by atoms with E-state index in [0.29, 0.717) is 11.3 Å².